The van der Waals surface area contributed by atoms with E-state index in [4.69, 9.17) is 5.11 Å². The van der Waals surface area contributed by atoms with Gasteiger partial charge in [0, 0.05) is 0 Å². The molecule has 0 amide bonds. The molecule has 0 saturated heterocycles. The van der Waals surface area contributed by atoms with Gasteiger partial charge in [0.15, 0.2) is 0 Å². The highest BCUT2D eigenvalue weighted by atomic mass is 19.4. The molecule has 0 aromatic heterocycles. The van der Waals surface area contributed by atoms with E-state index in [9.17, 15) is 26.3 Å². The third-order valence-corrected chi connectivity index (χ3v) is 3.34. The standard InChI is InChI=1S/C17H12F6O/c18-16(19,20)13-5-1-11(2-6-13)15(9-10-24)12-3-7-14(8-4-12)17(21,22)23/h1-9,24H,10H2. The maximum atomic E-state index is 12.6. The van der Waals surface area contributed by atoms with Gasteiger partial charge in [0.25, 0.3) is 0 Å². The van der Waals surface area contributed by atoms with Crippen LogP contribution in [0, 0.1) is 0 Å². The third-order valence-electron chi connectivity index (χ3n) is 3.34. The molecule has 1 N–H and O–H groups in total. The van der Waals surface area contributed by atoms with Crippen LogP contribution in [-0.4, -0.2) is 11.7 Å². The zero-order valence-corrected chi connectivity index (χ0v) is 12.1. The Bertz CT molecular complexity index is 649. The van der Waals surface area contributed by atoms with Crippen LogP contribution in [0.5, 0.6) is 0 Å². The Labute approximate surface area is 133 Å². The average molecular weight is 346 g/mol. The summed E-state index contributed by atoms with van der Waals surface area (Å²) in [6, 6.07) is 8.36. The molecule has 128 valence electrons. The summed E-state index contributed by atoms with van der Waals surface area (Å²) >= 11 is 0. The van der Waals surface area contributed by atoms with E-state index in [1.165, 1.54) is 30.3 Å². The summed E-state index contributed by atoms with van der Waals surface area (Å²) in [4.78, 5) is 0. The topological polar surface area (TPSA) is 20.2 Å². The SMILES string of the molecule is OCC=C(c1ccc(C(F)(F)F)cc1)c1ccc(C(F)(F)F)cc1. The molecule has 2 rings (SSSR count). The smallest absolute Gasteiger partial charge is 0.392 e. The predicted molar refractivity (Wildman–Crippen MR) is 77.1 cm³/mol. The fourth-order valence-corrected chi connectivity index (χ4v) is 2.17. The van der Waals surface area contributed by atoms with Gasteiger partial charge in [-0.15, -0.1) is 0 Å². The minimum Gasteiger partial charge on any atom is -0.392 e. The summed E-state index contributed by atoms with van der Waals surface area (Å²) in [5, 5.41) is 9.09. The molecule has 2 aromatic rings. The number of rotatable bonds is 3. The van der Waals surface area contributed by atoms with Crippen molar-refractivity contribution in [1.29, 1.82) is 0 Å². The Morgan fingerprint density at radius 3 is 1.29 bits per heavy atom. The van der Waals surface area contributed by atoms with E-state index < -0.39 is 30.1 Å². The van der Waals surface area contributed by atoms with Gasteiger partial charge in [0.2, 0.25) is 0 Å². The lowest BCUT2D eigenvalue weighted by molar-refractivity contribution is -0.138. The van der Waals surface area contributed by atoms with Crippen LogP contribution in [0.4, 0.5) is 26.3 Å². The number of benzene rings is 2. The van der Waals surface area contributed by atoms with Gasteiger partial charge in [0.1, 0.15) is 0 Å². The average Bonchev–Trinajstić information content (AvgIpc) is 2.51. The molecule has 1 nitrogen and oxygen atoms in total. The minimum atomic E-state index is -4.48. The molecule has 0 saturated carbocycles. The van der Waals surface area contributed by atoms with Crippen LogP contribution in [0.2, 0.25) is 0 Å². The Balaban J connectivity index is 2.38. The van der Waals surface area contributed by atoms with Crippen molar-refractivity contribution < 1.29 is 31.4 Å². The molecule has 0 aliphatic heterocycles. The fraction of sp³-hybridized carbons (Fsp3) is 0.176. The Morgan fingerprint density at radius 1 is 0.708 bits per heavy atom. The van der Waals surface area contributed by atoms with Gasteiger partial charge in [-0.1, -0.05) is 30.3 Å². The molecule has 0 unspecified atom stereocenters. The first-order chi connectivity index (χ1) is 11.1. The fourth-order valence-electron chi connectivity index (χ4n) is 2.17. The van der Waals surface area contributed by atoms with Crippen LogP contribution in [0.15, 0.2) is 54.6 Å². The van der Waals surface area contributed by atoms with Gasteiger partial charge in [-0.25, -0.2) is 0 Å². The highest BCUT2D eigenvalue weighted by Gasteiger charge is 2.31. The maximum absolute atomic E-state index is 12.6. The van der Waals surface area contributed by atoms with E-state index in [1.54, 1.807) is 0 Å². The van der Waals surface area contributed by atoms with Gasteiger partial charge in [-0.05, 0) is 41.0 Å². The highest BCUT2D eigenvalue weighted by Crippen LogP contribution is 2.33. The van der Waals surface area contributed by atoms with E-state index in [2.05, 4.69) is 0 Å². The second-order valence-corrected chi connectivity index (χ2v) is 4.95. The summed E-state index contributed by atoms with van der Waals surface area (Å²) in [6.07, 6.45) is -7.63. The van der Waals surface area contributed by atoms with Gasteiger partial charge < -0.3 is 5.11 Å². The van der Waals surface area contributed by atoms with Gasteiger partial charge in [-0.2, -0.15) is 26.3 Å². The predicted octanol–water partition coefficient (Wildman–Crippen LogP) is 5.15. The van der Waals surface area contributed by atoms with E-state index in [0.29, 0.717) is 16.7 Å². The van der Waals surface area contributed by atoms with Crippen LogP contribution < -0.4 is 0 Å². The quantitative estimate of drug-likeness (QED) is 0.762. The lowest BCUT2D eigenvalue weighted by Gasteiger charge is -2.12. The monoisotopic (exact) mass is 346 g/mol. The summed E-state index contributed by atoms with van der Waals surface area (Å²) in [6.45, 7) is -0.405. The largest absolute Gasteiger partial charge is 0.416 e. The Kier molecular flexibility index (Phi) is 5.03. The zero-order chi connectivity index (χ0) is 18.0. The summed E-state index contributed by atoms with van der Waals surface area (Å²) < 4.78 is 75.5. The highest BCUT2D eigenvalue weighted by molar-refractivity contribution is 5.80. The van der Waals surface area contributed by atoms with Gasteiger partial charge >= 0.3 is 12.4 Å². The zero-order valence-electron chi connectivity index (χ0n) is 12.1. The van der Waals surface area contributed by atoms with Crippen molar-refractivity contribution in [2.24, 2.45) is 0 Å². The molecule has 0 heterocycles. The summed E-state index contributed by atoms with van der Waals surface area (Å²) in [5.41, 5.74) is -0.599. The van der Waals surface area contributed by atoms with Crippen molar-refractivity contribution in [2.75, 3.05) is 6.61 Å². The van der Waals surface area contributed by atoms with Crippen molar-refractivity contribution >= 4 is 5.57 Å². The molecule has 0 bridgehead atoms. The second-order valence-electron chi connectivity index (χ2n) is 4.95. The van der Waals surface area contributed by atoms with Crippen LogP contribution in [0.1, 0.15) is 22.3 Å². The van der Waals surface area contributed by atoms with Crippen LogP contribution in [0.3, 0.4) is 0 Å². The van der Waals surface area contributed by atoms with Crippen LogP contribution in [-0.2, 0) is 12.4 Å². The van der Waals surface area contributed by atoms with Crippen LogP contribution >= 0.6 is 0 Å². The first-order valence-corrected chi connectivity index (χ1v) is 6.79. The molecule has 24 heavy (non-hydrogen) atoms. The molecular formula is C17H12F6O. The number of aliphatic hydroxyl groups excluding tert-OH is 1. The number of hydrogen-bond acceptors (Lipinski definition) is 1. The molecule has 0 aliphatic rings. The molecule has 0 spiro atoms. The molecule has 0 aliphatic carbocycles. The van der Waals surface area contributed by atoms with Crippen molar-refractivity contribution in [1.82, 2.24) is 0 Å². The van der Waals surface area contributed by atoms with E-state index in [1.807, 2.05) is 0 Å². The molecule has 0 radical (unpaired) electrons. The minimum absolute atomic E-state index is 0.347. The number of halogens is 6. The van der Waals surface area contributed by atoms with E-state index in [0.717, 1.165) is 24.3 Å². The van der Waals surface area contributed by atoms with E-state index in [-0.39, 0.29) is 0 Å². The molecule has 2 aromatic carbocycles. The summed E-state index contributed by atoms with van der Waals surface area (Å²) in [5.74, 6) is 0. The molecular weight excluding hydrogens is 334 g/mol. The van der Waals surface area contributed by atoms with Crippen molar-refractivity contribution in [2.45, 2.75) is 12.4 Å². The van der Waals surface area contributed by atoms with Crippen molar-refractivity contribution in [3.05, 3.63) is 76.9 Å². The van der Waals surface area contributed by atoms with Gasteiger partial charge in [-0.3, -0.25) is 0 Å². The molecule has 7 heteroatoms. The second kappa shape index (κ2) is 6.68. The number of alkyl halides is 6. The van der Waals surface area contributed by atoms with Crippen LogP contribution in [0.25, 0.3) is 5.57 Å². The number of aliphatic hydroxyl groups is 1. The Morgan fingerprint density at radius 2 is 1.04 bits per heavy atom. The first kappa shape index (κ1) is 18.1. The molecule has 0 atom stereocenters. The lowest BCUT2D eigenvalue weighted by Crippen LogP contribution is -2.05. The third kappa shape index (κ3) is 4.17. The lowest BCUT2D eigenvalue weighted by atomic mass is 9.96. The van der Waals surface area contributed by atoms with E-state index >= 15 is 0 Å². The Hall–Kier alpha value is -2.28. The van der Waals surface area contributed by atoms with Crippen molar-refractivity contribution in [3.8, 4) is 0 Å². The molecule has 0 fully saturated rings. The maximum Gasteiger partial charge on any atom is 0.416 e. The first-order valence-electron chi connectivity index (χ1n) is 6.79. The van der Waals surface area contributed by atoms with Gasteiger partial charge in [0.05, 0.1) is 17.7 Å². The number of hydrogen-bond donors (Lipinski definition) is 1. The normalized spacial score (nSPS) is 12.1. The van der Waals surface area contributed by atoms with Crippen molar-refractivity contribution in [3.63, 3.8) is 0 Å². The summed E-state index contributed by atoms with van der Waals surface area (Å²) in [7, 11) is 0.